The van der Waals surface area contributed by atoms with Gasteiger partial charge >= 0.3 is 0 Å². The number of halogens is 2. The maximum absolute atomic E-state index is 13.6. The van der Waals surface area contributed by atoms with Crippen molar-refractivity contribution in [2.75, 3.05) is 13.2 Å². The Kier molecular flexibility index (Phi) is 5.46. The van der Waals surface area contributed by atoms with Crippen LogP contribution in [0.5, 0.6) is 5.75 Å². The summed E-state index contributed by atoms with van der Waals surface area (Å²) in [5.41, 5.74) is 0. The Morgan fingerprint density at radius 3 is 3.05 bits per heavy atom. The molecule has 1 aromatic rings. The van der Waals surface area contributed by atoms with Crippen LogP contribution < -0.4 is 10.1 Å². The summed E-state index contributed by atoms with van der Waals surface area (Å²) in [6, 6.07) is 5.39. The van der Waals surface area contributed by atoms with Crippen molar-refractivity contribution in [1.82, 2.24) is 5.32 Å². The van der Waals surface area contributed by atoms with Crippen LogP contribution in [0.15, 0.2) is 18.2 Å². The Bertz CT molecular complexity index is 413. The third kappa shape index (κ3) is 4.36. The van der Waals surface area contributed by atoms with Crippen molar-refractivity contribution < 1.29 is 9.13 Å². The Balaban J connectivity index is 1.70. The van der Waals surface area contributed by atoms with Crippen LogP contribution in [0.3, 0.4) is 0 Å². The summed E-state index contributed by atoms with van der Waals surface area (Å²) < 4.78 is 19.0. The molecule has 2 rings (SSSR count). The molecule has 0 radical (unpaired) electrons. The Morgan fingerprint density at radius 1 is 1.42 bits per heavy atom. The molecule has 0 amide bonds. The maximum atomic E-state index is 13.6. The van der Waals surface area contributed by atoms with Gasteiger partial charge in [0.15, 0.2) is 11.6 Å². The van der Waals surface area contributed by atoms with E-state index in [4.69, 9.17) is 16.3 Å². The third-order valence-electron chi connectivity index (χ3n) is 3.65. The van der Waals surface area contributed by atoms with E-state index in [0.717, 1.165) is 12.5 Å². The van der Waals surface area contributed by atoms with Crippen molar-refractivity contribution in [2.24, 2.45) is 5.92 Å². The average molecular weight is 286 g/mol. The molecule has 1 aliphatic rings. The van der Waals surface area contributed by atoms with E-state index in [0.29, 0.717) is 12.6 Å². The SMILES string of the molecule is CC1CCCC(NCCOc2cccc(Cl)c2F)C1. The van der Waals surface area contributed by atoms with Gasteiger partial charge in [0.1, 0.15) is 6.61 Å². The minimum Gasteiger partial charge on any atom is -0.489 e. The quantitative estimate of drug-likeness (QED) is 0.825. The molecule has 2 unspecified atom stereocenters. The van der Waals surface area contributed by atoms with E-state index in [1.807, 2.05) is 0 Å². The van der Waals surface area contributed by atoms with Crippen molar-refractivity contribution in [2.45, 2.75) is 38.6 Å². The zero-order chi connectivity index (χ0) is 13.7. The lowest BCUT2D eigenvalue weighted by atomic mass is 9.87. The molecule has 0 aliphatic heterocycles. The minimum absolute atomic E-state index is 0.103. The third-order valence-corrected chi connectivity index (χ3v) is 3.94. The van der Waals surface area contributed by atoms with Gasteiger partial charge in [-0.3, -0.25) is 0 Å². The molecule has 1 aromatic carbocycles. The van der Waals surface area contributed by atoms with Gasteiger partial charge in [0.05, 0.1) is 5.02 Å². The van der Waals surface area contributed by atoms with Crippen molar-refractivity contribution in [1.29, 1.82) is 0 Å². The first-order valence-electron chi connectivity index (χ1n) is 6.97. The van der Waals surface area contributed by atoms with E-state index < -0.39 is 5.82 Å². The van der Waals surface area contributed by atoms with Crippen LogP contribution in [0.4, 0.5) is 4.39 Å². The Hall–Kier alpha value is -0.800. The Morgan fingerprint density at radius 2 is 2.26 bits per heavy atom. The molecule has 1 N–H and O–H groups in total. The van der Waals surface area contributed by atoms with E-state index in [2.05, 4.69) is 12.2 Å². The van der Waals surface area contributed by atoms with Crippen LogP contribution in [0.25, 0.3) is 0 Å². The predicted octanol–water partition coefficient (Wildman–Crippen LogP) is 4.03. The lowest BCUT2D eigenvalue weighted by Crippen LogP contribution is -2.36. The molecular weight excluding hydrogens is 265 g/mol. The number of rotatable bonds is 5. The van der Waals surface area contributed by atoms with E-state index in [1.54, 1.807) is 12.1 Å². The number of benzene rings is 1. The highest BCUT2D eigenvalue weighted by molar-refractivity contribution is 6.30. The number of hydrogen-bond acceptors (Lipinski definition) is 2. The van der Waals surface area contributed by atoms with Gasteiger partial charge in [-0.15, -0.1) is 0 Å². The second kappa shape index (κ2) is 7.11. The van der Waals surface area contributed by atoms with Crippen molar-refractivity contribution in [3.63, 3.8) is 0 Å². The van der Waals surface area contributed by atoms with Crippen LogP contribution >= 0.6 is 11.6 Å². The summed E-state index contributed by atoms with van der Waals surface area (Å²) in [5, 5.41) is 3.58. The molecule has 19 heavy (non-hydrogen) atoms. The van der Waals surface area contributed by atoms with Crippen LogP contribution in [-0.2, 0) is 0 Å². The molecule has 2 nitrogen and oxygen atoms in total. The standard InChI is InChI=1S/C15H21ClFNO/c1-11-4-2-5-12(10-11)18-8-9-19-14-7-3-6-13(16)15(14)17/h3,6-7,11-12,18H,2,4-5,8-10H2,1H3. The van der Waals surface area contributed by atoms with E-state index >= 15 is 0 Å². The van der Waals surface area contributed by atoms with Gasteiger partial charge in [0, 0.05) is 12.6 Å². The fourth-order valence-corrected chi connectivity index (χ4v) is 2.80. The minimum atomic E-state index is -0.476. The first-order valence-corrected chi connectivity index (χ1v) is 7.35. The van der Waals surface area contributed by atoms with Crippen molar-refractivity contribution in [3.05, 3.63) is 29.0 Å². The van der Waals surface area contributed by atoms with E-state index in [-0.39, 0.29) is 10.8 Å². The zero-order valence-electron chi connectivity index (χ0n) is 11.3. The van der Waals surface area contributed by atoms with Crippen molar-refractivity contribution in [3.8, 4) is 5.75 Å². The fraction of sp³-hybridized carbons (Fsp3) is 0.600. The molecule has 0 saturated heterocycles. The lowest BCUT2D eigenvalue weighted by molar-refractivity contribution is 0.260. The zero-order valence-corrected chi connectivity index (χ0v) is 12.0. The van der Waals surface area contributed by atoms with Gasteiger partial charge < -0.3 is 10.1 Å². The van der Waals surface area contributed by atoms with Crippen molar-refractivity contribution >= 4 is 11.6 Å². The second-order valence-electron chi connectivity index (χ2n) is 5.32. The van der Waals surface area contributed by atoms with E-state index in [1.165, 1.54) is 31.7 Å². The smallest absolute Gasteiger partial charge is 0.183 e. The first-order chi connectivity index (χ1) is 9.16. The fourth-order valence-electron chi connectivity index (χ4n) is 2.64. The average Bonchev–Trinajstić information content (AvgIpc) is 2.39. The summed E-state index contributed by atoms with van der Waals surface area (Å²) in [7, 11) is 0. The molecule has 0 aromatic heterocycles. The van der Waals surface area contributed by atoms with Crippen LogP contribution in [0.1, 0.15) is 32.6 Å². The largest absolute Gasteiger partial charge is 0.489 e. The molecule has 1 aliphatic carbocycles. The highest BCUT2D eigenvalue weighted by atomic mass is 35.5. The maximum Gasteiger partial charge on any atom is 0.183 e. The van der Waals surface area contributed by atoms with Gasteiger partial charge in [-0.25, -0.2) is 4.39 Å². The van der Waals surface area contributed by atoms with Gasteiger partial charge in [-0.05, 0) is 30.9 Å². The van der Waals surface area contributed by atoms with Crippen LogP contribution in [0.2, 0.25) is 5.02 Å². The molecule has 1 saturated carbocycles. The normalized spacial score (nSPS) is 23.3. The van der Waals surface area contributed by atoms with Gasteiger partial charge in [-0.1, -0.05) is 37.4 Å². The second-order valence-corrected chi connectivity index (χ2v) is 5.73. The molecular formula is C15H21ClFNO. The summed E-state index contributed by atoms with van der Waals surface area (Å²) in [6.07, 6.45) is 5.09. The predicted molar refractivity (Wildman–Crippen MR) is 76.3 cm³/mol. The molecule has 106 valence electrons. The summed E-state index contributed by atoms with van der Waals surface area (Å²) in [5.74, 6) is 0.555. The summed E-state index contributed by atoms with van der Waals surface area (Å²) >= 11 is 5.69. The molecule has 0 bridgehead atoms. The first kappa shape index (κ1) is 14.6. The van der Waals surface area contributed by atoms with Crippen LogP contribution in [-0.4, -0.2) is 19.2 Å². The van der Waals surface area contributed by atoms with Gasteiger partial charge in [0.25, 0.3) is 0 Å². The van der Waals surface area contributed by atoms with E-state index in [9.17, 15) is 4.39 Å². The molecule has 1 fully saturated rings. The molecule has 0 spiro atoms. The Labute approximate surface area is 119 Å². The van der Waals surface area contributed by atoms with Gasteiger partial charge in [0.2, 0.25) is 0 Å². The van der Waals surface area contributed by atoms with Crippen LogP contribution in [0, 0.1) is 11.7 Å². The molecule has 0 heterocycles. The number of ether oxygens (including phenoxy) is 1. The highest BCUT2D eigenvalue weighted by Crippen LogP contribution is 2.24. The molecule has 4 heteroatoms. The number of nitrogens with one attached hydrogen (secondary N) is 1. The lowest BCUT2D eigenvalue weighted by Gasteiger charge is -2.27. The summed E-state index contributed by atoms with van der Waals surface area (Å²) in [6.45, 7) is 3.50. The summed E-state index contributed by atoms with van der Waals surface area (Å²) in [4.78, 5) is 0. The monoisotopic (exact) mass is 285 g/mol. The van der Waals surface area contributed by atoms with Gasteiger partial charge in [-0.2, -0.15) is 0 Å². The molecule has 2 atom stereocenters. The highest BCUT2D eigenvalue weighted by Gasteiger charge is 2.17. The number of hydrogen-bond donors (Lipinski definition) is 1. The topological polar surface area (TPSA) is 21.3 Å².